The molecule has 0 aromatic carbocycles. The fourth-order valence-corrected chi connectivity index (χ4v) is 3.45. The first-order chi connectivity index (χ1) is 8.53. The lowest BCUT2D eigenvalue weighted by atomic mass is 9.87. The summed E-state index contributed by atoms with van der Waals surface area (Å²) in [6, 6.07) is 3.10. The van der Waals surface area contributed by atoms with Gasteiger partial charge in [0.1, 0.15) is 5.54 Å². The van der Waals surface area contributed by atoms with E-state index >= 15 is 0 Å². The number of nitrogens with zero attached hydrogens (tertiary/aromatic N) is 2. The summed E-state index contributed by atoms with van der Waals surface area (Å²) in [7, 11) is 0. The minimum atomic E-state index is -0.720. The second kappa shape index (κ2) is 5.56. The highest BCUT2D eigenvalue weighted by Gasteiger charge is 2.37. The number of morpholine rings is 1. The van der Waals surface area contributed by atoms with E-state index in [-0.39, 0.29) is 0 Å². The van der Waals surface area contributed by atoms with Crippen LogP contribution in [0.1, 0.15) is 46.0 Å². The Morgan fingerprint density at radius 2 is 2.22 bits per heavy atom. The van der Waals surface area contributed by atoms with Crippen LogP contribution < -0.4 is 5.73 Å². The van der Waals surface area contributed by atoms with Crippen molar-refractivity contribution in [3.05, 3.63) is 0 Å². The normalized spacial score (nSPS) is 34.1. The molecule has 4 heteroatoms. The molecule has 0 bridgehead atoms. The zero-order chi connectivity index (χ0) is 13.2. The Balaban J connectivity index is 2.00. The molecule has 2 N–H and O–H groups in total. The van der Waals surface area contributed by atoms with Crippen molar-refractivity contribution in [3.8, 4) is 6.07 Å². The molecule has 4 atom stereocenters. The maximum absolute atomic E-state index is 9.06. The summed E-state index contributed by atoms with van der Waals surface area (Å²) in [5.74, 6) is 0. The molecule has 1 saturated carbocycles. The van der Waals surface area contributed by atoms with Crippen LogP contribution in [0.5, 0.6) is 0 Å². The van der Waals surface area contributed by atoms with Gasteiger partial charge in [0.05, 0.1) is 18.8 Å². The van der Waals surface area contributed by atoms with Gasteiger partial charge in [0, 0.05) is 18.6 Å². The smallest absolute Gasteiger partial charge is 0.102 e. The number of ether oxygens (including phenoxy) is 1. The first-order valence-electron chi connectivity index (χ1n) is 7.11. The molecule has 2 aliphatic rings. The van der Waals surface area contributed by atoms with Crippen molar-refractivity contribution in [1.82, 2.24) is 4.90 Å². The number of fused-ring (bicyclic) bond motifs is 1. The fraction of sp³-hybridized carbons (Fsp3) is 0.929. The van der Waals surface area contributed by atoms with Crippen LogP contribution in [0, 0.1) is 11.3 Å². The summed E-state index contributed by atoms with van der Waals surface area (Å²) in [5, 5.41) is 9.06. The summed E-state index contributed by atoms with van der Waals surface area (Å²) in [5.41, 5.74) is 5.25. The van der Waals surface area contributed by atoms with Crippen LogP contribution in [0.2, 0.25) is 0 Å². The van der Waals surface area contributed by atoms with E-state index in [1.165, 1.54) is 25.7 Å². The van der Waals surface area contributed by atoms with Crippen LogP contribution in [0.4, 0.5) is 0 Å². The third-order valence-corrected chi connectivity index (χ3v) is 4.32. The average Bonchev–Trinajstić information content (AvgIpc) is 2.37. The Morgan fingerprint density at radius 3 is 2.94 bits per heavy atom. The van der Waals surface area contributed by atoms with Crippen molar-refractivity contribution >= 4 is 0 Å². The summed E-state index contributed by atoms with van der Waals surface area (Å²) in [6.07, 6.45) is 6.13. The summed E-state index contributed by atoms with van der Waals surface area (Å²) in [6.45, 7) is 5.81. The third-order valence-electron chi connectivity index (χ3n) is 4.32. The van der Waals surface area contributed by atoms with Crippen molar-refractivity contribution in [2.45, 2.75) is 69.7 Å². The molecule has 2 rings (SSSR count). The summed E-state index contributed by atoms with van der Waals surface area (Å²) < 4.78 is 5.88. The predicted octanol–water partition coefficient (Wildman–Crippen LogP) is 1.65. The van der Waals surface area contributed by atoms with Gasteiger partial charge in [-0.2, -0.15) is 5.26 Å². The zero-order valence-corrected chi connectivity index (χ0v) is 11.6. The first-order valence-corrected chi connectivity index (χ1v) is 7.11. The van der Waals surface area contributed by atoms with Crippen LogP contribution in [0.25, 0.3) is 0 Å². The molecule has 4 nitrogen and oxygen atoms in total. The number of nitrogens with two attached hydrogens (primary N) is 1. The lowest BCUT2D eigenvalue weighted by molar-refractivity contribution is -0.102. The monoisotopic (exact) mass is 251 g/mol. The quantitative estimate of drug-likeness (QED) is 0.828. The van der Waals surface area contributed by atoms with E-state index in [9.17, 15) is 0 Å². The molecular formula is C14H25N3O. The van der Waals surface area contributed by atoms with Gasteiger partial charge in [0.25, 0.3) is 0 Å². The molecule has 18 heavy (non-hydrogen) atoms. The number of rotatable bonds is 3. The van der Waals surface area contributed by atoms with Gasteiger partial charge in [0.15, 0.2) is 0 Å². The van der Waals surface area contributed by atoms with Crippen LogP contribution >= 0.6 is 0 Å². The van der Waals surface area contributed by atoms with E-state index < -0.39 is 5.54 Å². The Bertz CT molecular complexity index is 321. The molecule has 0 aromatic heterocycles. The van der Waals surface area contributed by atoms with E-state index in [0.717, 1.165) is 19.6 Å². The Labute approximate surface area is 110 Å². The molecule has 1 aliphatic heterocycles. The summed E-state index contributed by atoms with van der Waals surface area (Å²) in [4.78, 5) is 2.52. The van der Waals surface area contributed by atoms with Crippen molar-refractivity contribution in [3.63, 3.8) is 0 Å². The van der Waals surface area contributed by atoms with E-state index in [2.05, 4.69) is 17.9 Å². The molecule has 102 valence electrons. The minimum absolute atomic E-state index is 0.356. The van der Waals surface area contributed by atoms with Crippen LogP contribution in [0.3, 0.4) is 0 Å². The maximum Gasteiger partial charge on any atom is 0.102 e. The lowest BCUT2D eigenvalue weighted by Crippen LogP contribution is -2.57. The minimum Gasteiger partial charge on any atom is -0.375 e. The highest BCUT2D eigenvalue weighted by molar-refractivity contribution is 5.03. The van der Waals surface area contributed by atoms with Gasteiger partial charge >= 0.3 is 0 Å². The van der Waals surface area contributed by atoms with Crippen LogP contribution in [-0.4, -0.2) is 41.8 Å². The standard InChI is InChI=1S/C14H25N3O/c1-11(9-14(2,16)10-15)17-7-8-18-13-6-4-3-5-12(13)17/h11-13H,3-9,16H2,1-2H3. The van der Waals surface area contributed by atoms with Crippen LogP contribution in [0.15, 0.2) is 0 Å². The van der Waals surface area contributed by atoms with Crippen molar-refractivity contribution in [1.29, 1.82) is 5.26 Å². The highest BCUT2D eigenvalue weighted by atomic mass is 16.5. The predicted molar refractivity (Wildman–Crippen MR) is 71.0 cm³/mol. The van der Waals surface area contributed by atoms with Crippen molar-refractivity contribution < 1.29 is 4.74 Å². The lowest BCUT2D eigenvalue weighted by Gasteiger charge is -2.47. The fourth-order valence-electron chi connectivity index (χ4n) is 3.45. The number of hydrogen-bond donors (Lipinski definition) is 1. The van der Waals surface area contributed by atoms with Gasteiger partial charge in [-0.25, -0.2) is 0 Å². The molecule has 4 unspecified atom stereocenters. The van der Waals surface area contributed by atoms with Gasteiger partial charge < -0.3 is 10.5 Å². The molecule has 1 heterocycles. The highest BCUT2D eigenvalue weighted by Crippen LogP contribution is 2.31. The Morgan fingerprint density at radius 1 is 1.50 bits per heavy atom. The molecule has 0 radical (unpaired) electrons. The van der Waals surface area contributed by atoms with Gasteiger partial charge in [0.2, 0.25) is 0 Å². The molecule has 2 fully saturated rings. The van der Waals surface area contributed by atoms with Gasteiger partial charge in [-0.05, 0) is 33.1 Å². The van der Waals surface area contributed by atoms with E-state index in [4.69, 9.17) is 15.7 Å². The Hall–Kier alpha value is -0.630. The van der Waals surface area contributed by atoms with Gasteiger partial charge in [-0.3, -0.25) is 4.90 Å². The Kier molecular flexibility index (Phi) is 4.26. The molecule has 1 aliphatic carbocycles. The second-order valence-corrected chi connectivity index (χ2v) is 6.08. The molecular weight excluding hydrogens is 226 g/mol. The molecule has 0 spiro atoms. The SMILES string of the molecule is CC(CC(C)(N)C#N)N1CCOC2CCCCC21. The molecule has 0 amide bonds. The number of nitriles is 1. The maximum atomic E-state index is 9.06. The van der Waals surface area contributed by atoms with Crippen molar-refractivity contribution in [2.24, 2.45) is 5.73 Å². The van der Waals surface area contributed by atoms with E-state index in [1.807, 2.05) is 6.92 Å². The van der Waals surface area contributed by atoms with E-state index in [1.54, 1.807) is 0 Å². The first kappa shape index (κ1) is 13.8. The largest absolute Gasteiger partial charge is 0.375 e. The summed E-state index contributed by atoms with van der Waals surface area (Å²) >= 11 is 0. The van der Waals surface area contributed by atoms with Gasteiger partial charge in [-0.1, -0.05) is 12.8 Å². The van der Waals surface area contributed by atoms with E-state index in [0.29, 0.717) is 18.2 Å². The topological polar surface area (TPSA) is 62.3 Å². The number of hydrogen-bond acceptors (Lipinski definition) is 4. The van der Waals surface area contributed by atoms with Gasteiger partial charge in [-0.15, -0.1) is 0 Å². The second-order valence-electron chi connectivity index (χ2n) is 6.08. The zero-order valence-electron chi connectivity index (χ0n) is 11.6. The van der Waals surface area contributed by atoms with Crippen LogP contribution in [-0.2, 0) is 4.74 Å². The average molecular weight is 251 g/mol. The molecule has 0 aromatic rings. The van der Waals surface area contributed by atoms with Crippen molar-refractivity contribution in [2.75, 3.05) is 13.2 Å². The third kappa shape index (κ3) is 3.03. The molecule has 1 saturated heterocycles.